The summed E-state index contributed by atoms with van der Waals surface area (Å²) in [5.74, 6) is 0. The minimum absolute atomic E-state index is 1.09. The van der Waals surface area contributed by atoms with Gasteiger partial charge in [-0.05, 0) is 106 Å². The van der Waals surface area contributed by atoms with E-state index < -0.39 is 0 Å². The number of rotatable bonds is 7. The van der Waals surface area contributed by atoms with Crippen LogP contribution in [0.1, 0.15) is 0 Å². The van der Waals surface area contributed by atoms with Crippen molar-refractivity contribution in [1.29, 1.82) is 0 Å². The zero-order valence-electron chi connectivity index (χ0n) is 35.5. The van der Waals surface area contributed by atoms with Gasteiger partial charge in [-0.1, -0.05) is 176 Å². The van der Waals surface area contributed by atoms with Crippen molar-refractivity contribution in [2.45, 2.75) is 0 Å². The molecule has 0 amide bonds. The van der Waals surface area contributed by atoms with Gasteiger partial charge in [-0.25, -0.2) is 0 Å². The summed E-state index contributed by atoms with van der Waals surface area (Å²) in [6, 6.07) is 90.7. The van der Waals surface area contributed by atoms with Gasteiger partial charge in [-0.3, -0.25) is 0 Å². The molecule has 2 heterocycles. The van der Waals surface area contributed by atoms with Crippen molar-refractivity contribution >= 4 is 82.2 Å². The highest BCUT2D eigenvalue weighted by Gasteiger charge is 2.20. The molecule has 0 bridgehead atoms. The lowest BCUT2D eigenvalue weighted by molar-refractivity contribution is 1.19. The lowest BCUT2D eigenvalue weighted by atomic mass is 10.0. The van der Waals surface area contributed by atoms with E-state index in [2.05, 4.69) is 263 Å². The van der Waals surface area contributed by atoms with Crippen molar-refractivity contribution in [2.75, 3.05) is 4.90 Å². The monoisotopic (exact) mass is 827 g/mol. The molecule has 11 aromatic carbocycles. The summed E-state index contributed by atoms with van der Waals surface area (Å²) in [7, 11) is 0. The van der Waals surface area contributed by atoms with Crippen molar-refractivity contribution in [3.8, 4) is 33.6 Å². The summed E-state index contributed by atoms with van der Waals surface area (Å²) >= 11 is 0. The van der Waals surface area contributed by atoms with Crippen molar-refractivity contribution in [2.24, 2.45) is 0 Å². The normalized spacial score (nSPS) is 11.7. The Balaban J connectivity index is 0.955. The summed E-state index contributed by atoms with van der Waals surface area (Å²) in [6.07, 6.45) is 0. The van der Waals surface area contributed by atoms with E-state index in [1.54, 1.807) is 0 Å². The van der Waals surface area contributed by atoms with E-state index in [1.807, 2.05) is 0 Å². The number of aromatic nitrogens is 2. The molecular formula is C62H41N3. The van der Waals surface area contributed by atoms with Gasteiger partial charge in [0.15, 0.2) is 0 Å². The topological polar surface area (TPSA) is 13.1 Å². The van der Waals surface area contributed by atoms with Crippen LogP contribution in [0, 0.1) is 0 Å². The molecule has 0 saturated carbocycles. The summed E-state index contributed by atoms with van der Waals surface area (Å²) in [4.78, 5) is 2.39. The highest BCUT2D eigenvalue weighted by molar-refractivity contribution is 6.13. The second-order valence-corrected chi connectivity index (χ2v) is 16.9. The van der Waals surface area contributed by atoms with Gasteiger partial charge >= 0.3 is 0 Å². The molecule has 65 heavy (non-hydrogen) atoms. The van der Waals surface area contributed by atoms with Crippen molar-refractivity contribution < 1.29 is 0 Å². The molecule has 0 spiro atoms. The minimum Gasteiger partial charge on any atom is -0.310 e. The molecule has 0 aliphatic carbocycles. The Morgan fingerprint density at radius 3 is 1.26 bits per heavy atom. The van der Waals surface area contributed by atoms with Crippen LogP contribution in [0.3, 0.4) is 0 Å². The van der Waals surface area contributed by atoms with Crippen molar-refractivity contribution in [3.05, 3.63) is 249 Å². The number of anilines is 3. The Morgan fingerprint density at radius 1 is 0.231 bits per heavy atom. The van der Waals surface area contributed by atoms with Crippen LogP contribution < -0.4 is 4.90 Å². The van der Waals surface area contributed by atoms with Crippen molar-refractivity contribution in [3.63, 3.8) is 0 Å². The predicted molar refractivity (Wildman–Crippen MR) is 276 cm³/mol. The number of benzene rings is 11. The lowest BCUT2D eigenvalue weighted by Gasteiger charge is -2.26. The maximum Gasteiger partial charge on any atom is 0.0562 e. The summed E-state index contributed by atoms with van der Waals surface area (Å²) < 4.78 is 4.88. The van der Waals surface area contributed by atoms with Crippen LogP contribution in [0.5, 0.6) is 0 Å². The molecule has 13 aromatic rings. The third-order valence-corrected chi connectivity index (χ3v) is 13.3. The Bertz CT molecular complexity index is 3920. The molecule has 3 nitrogen and oxygen atoms in total. The maximum absolute atomic E-state index is 2.45. The number of para-hydroxylation sites is 2. The van der Waals surface area contributed by atoms with Crippen LogP contribution in [0.4, 0.5) is 17.1 Å². The first kappa shape index (κ1) is 36.9. The van der Waals surface area contributed by atoms with E-state index in [4.69, 9.17) is 0 Å². The molecular weight excluding hydrogens is 787 g/mol. The molecule has 2 aromatic heterocycles. The van der Waals surface area contributed by atoms with Gasteiger partial charge in [-0.15, -0.1) is 0 Å². The quantitative estimate of drug-likeness (QED) is 0.156. The fourth-order valence-electron chi connectivity index (χ4n) is 10.3. The fraction of sp³-hybridized carbons (Fsp3) is 0. The number of nitrogens with zero attached hydrogens (tertiary/aromatic N) is 3. The van der Waals surface area contributed by atoms with E-state index in [0.29, 0.717) is 0 Å². The van der Waals surface area contributed by atoms with E-state index >= 15 is 0 Å². The molecule has 0 fully saturated rings. The lowest BCUT2D eigenvalue weighted by Crippen LogP contribution is -2.10. The first-order chi connectivity index (χ1) is 32.2. The first-order valence-electron chi connectivity index (χ1n) is 22.3. The smallest absolute Gasteiger partial charge is 0.0562 e. The number of fused-ring (bicyclic) bond motifs is 8. The Morgan fingerprint density at radius 2 is 0.646 bits per heavy atom. The van der Waals surface area contributed by atoms with E-state index in [-0.39, 0.29) is 0 Å². The number of hydrogen-bond donors (Lipinski definition) is 0. The molecule has 0 unspecified atom stereocenters. The van der Waals surface area contributed by atoms with Gasteiger partial charge in [0.2, 0.25) is 0 Å². The van der Waals surface area contributed by atoms with Crippen LogP contribution in [0.2, 0.25) is 0 Å². The highest BCUT2D eigenvalue weighted by Crippen LogP contribution is 2.42. The van der Waals surface area contributed by atoms with Gasteiger partial charge < -0.3 is 14.0 Å². The molecule has 0 aliphatic heterocycles. The average Bonchev–Trinajstić information content (AvgIpc) is 3.89. The van der Waals surface area contributed by atoms with E-state index in [1.165, 1.54) is 98.8 Å². The van der Waals surface area contributed by atoms with E-state index in [9.17, 15) is 0 Å². The molecule has 0 atom stereocenters. The van der Waals surface area contributed by atoms with Crippen LogP contribution in [-0.2, 0) is 0 Å². The number of hydrogen-bond acceptors (Lipinski definition) is 1. The third kappa shape index (κ3) is 6.05. The molecule has 13 rings (SSSR count). The minimum atomic E-state index is 1.09. The van der Waals surface area contributed by atoms with Crippen LogP contribution in [-0.4, -0.2) is 9.13 Å². The summed E-state index contributed by atoms with van der Waals surface area (Å²) in [6.45, 7) is 0. The predicted octanol–water partition coefficient (Wildman–Crippen LogP) is 17.0. The van der Waals surface area contributed by atoms with Gasteiger partial charge in [0.25, 0.3) is 0 Å². The standard InChI is InChI=1S/C62H41N3/c1-2-14-42(15-3-1)43-28-33-48(34-29-43)63(50-37-38-55-53-22-8-10-24-59(53)65(62(55)41-50)58-27-13-19-46-17-5-7-21-52(46)58)49-35-30-44(31-36-49)47-32-39-61-56(40-47)54-23-9-11-25-60(54)64(61)57-26-12-18-45-16-4-6-20-51(45)57/h1-41H. The zero-order valence-corrected chi connectivity index (χ0v) is 35.5. The third-order valence-electron chi connectivity index (χ3n) is 13.3. The van der Waals surface area contributed by atoms with Gasteiger partial charge in [-0.2, -0.15) is 0 Å². The molecule has 0 saturated heterocycles. The molecule has 0 N–H and O–H groups in total. The Labute approximate surface area is 376 Å². The average molecular weight is 828 g/mol. The molecule has 0 aliphatic rings. The van der Waals surface area contributed by atoms with Crippen molar-refractivity contribution in [1.82, 2.24) is 9.13 Å². The SMILES string of the molecule is c1ccc(-c2ccc(N(c3ccc(-c4ccc5c(c4)c4ccccc4n5-c4cccc5ccccc45)cc3)c3ccc4c5ccccc5n(-c5cccc6ccccc56)c4c3)cc2)cc1. The summed E-state index contributed by atoms with van der Waals surface area (Å²) in [5.41, 5.74) is 15.1. The Kier molecular flexibility index (Phi) is 8.53. The summed E-state index contributed by atoms with van der Waals surface area (Å²) in [5, 5.41) is 9.88. The van der Waals surface area contributed by atoms with Gasteiger partial charge in [0.05, 0.1) is 33.4 Å². The molecule has 0 radical (unpaired) electrons. The highest BCUT2D eigenvalue weighted by atomic mass is 15.1. The van der Waals surface area contributed by atoms with E-state index in [0.717, 1.165) is 17.1 Å². The Hall–Kier alpha value is -8.66. The second-order valence-electron chi connectivity index (χ2n) is 16.9. The van der Waals surface area contributed by atoms with Crippen LogP contribution in [0.15, 0.2) is 249 Å². The van der Waals surface area contributed by atoms with Crippen LogP contribution in [0.25, 0.3) is 98.8 Å². The van der Waals surface area contributed by atoms with Crippen LogP contribution >= 0.6 is 0 Å². The van der Waals surface area contributed by atoms with Gasteiger partial charge in [0, 0.05) is 49.4 Å². The zero-order chi connectivity index (χ0) is 42.8. The fourth-order valence-corrected chi connectivity index (χ4v) is 10.3. The first-order valence-corrected chi connectivity index (χ1v) is 22.3. The maximum atomic E-state index is 2.45. The second kappa shape index (κ2) is 15.0. The molecule has 3 heteroatoms. The molecule has 304 valence electrons. The largest absolute Gasteiger partial charge is 0.310 e. The van der Waals surface area contributed by atoms with Gasteiger partial charge in [0.1, 0.15) is 0 Å².